The average molecular weight is 331 g/mol. The van der Waals surface area contributed by atoms with Gasteiger partial charge in [0, 0.05) is 11.1 Å². The lowest BCUT2D eigenvalue weighted by atomic mass is 10.0. The highest BCUT2D eigenvalue weighted by Gasteiger charge is 2.25. The van der Waals surface area contributed by atoms with Crippen LogP contribution in [0.2, 0.25) is 0 Å². The molecule has 0 atom stereocenters. The minimum atomic E-state index is 0. The van der Waals surface area contributed by atoms with Gasteiger partial charge in [-0.1, -0.05) is 41.5 Å². The third kappa shape index (κ3) is 12.9. The molecule has 144 valence electrons. The Bertz CT molecular complexity index is 225. The number of hydrogen-bond acceptors (Lipinski definition) is 2. The Labute approximate surface area is 150 Å². The van der Waals surface area contributed by atoms with E-state index in [-0.39, 0.29) is 7.43 Å². The van der Waals surface area contributed by atoms with Gasteiger partial charge in [-0.15, -0.1) is 0 Å². The van der Waals surface area contributed by atoms with E-state index in [1.165, 1.54) is 51.9 Å². The van der Waals surface area contributed by atoms with Crippen molar-refractivity contribution in [3.8, 4) is 0 Å². The van der Waals surface area contributed by atoms with Gasteiger partial charge in [0.2, 0.25) is 0 Å². The molecule has 2 aliphatic heterocycles. The first-order valence-electron chi connectivity index (χ1n) is 9.71. The Morgan fingerprint density at radius 2 is 0.739 bits per heavy atom. The lowest BCUT2D eigenvalue weighted by Crippen LogP contribution is -2.49. The Balaban J connectivity index is -0.000000280. The lowest BCUT2D eigenvalue weighted by molar-refractivity contribution is 0.0690. The SMILES string of the molecule is C.CC.CC.CC(C)(C)N1CCC1.CC(C)(C)N1CCCCC1. The van der Waals surface area contributed by atoms with Crippen LogP contribution >= 0.6 is 0 Å². The van der Waals surface area contributed by atoms with Crippen LogP contribution in [0.5, 0.6) is 0 Å². The summed E-state index contributed by atoms with van der Waals surface area (Å²) >= 11 is 0. The van der Waals surface area contributed by atoms with E-state index in [0.29, 0.717) is 11.1 Å². The molecule has 0 unspecified atom stereocenters. The van der Waals surface area contributed by atoms with Gasteiger partial charge in [-0.2, -0.15) is 0 Å². The highest BCUT2D eigenvalue weighted by atomic mass is 15.2. The van der Waals surface area contributed by atoms with E-state index in [9.17, 15) is 0 Å². The second-order valence-corrected chi connectivity index (χ2v) is 7.73. The maximum absolute atomic E-state index is 2.58. The minimum Gasteiger partial charge on any atom is -0.298 e. The highest BCUT2D eigenvalue weighted by Crippen LogP contribution is 2.20. The molecular formula is C21H50N2. The second kappa shape index (κ2) is 14.3. The normalized spacial score (nSPS) is 18.5. The van der Waals surface area contributed by atoms with E-state index >= 15 is 0 Å². The Hall–Kier alpha value is -0.0800. The summed E-state index contributed by atoms with van der Waals surface area (Å²) in [5.41, 5.74) is 0.832. The molecule has 0 aromatic heterocycles. The van der Waals surface area contributed by atoms with Crippen LogP contribution in [-0.4, -0.2) is 47.1 Å². The molecule has 0 spiro atoms. The number of rotatable bonds is 0. The topological polar surface area (TPSA) is 6.48 Å². The van der Waals surface area contributed by atoms with Crippen LogP contribution in [0.4, 0.5) is 0 Å². The van der Waals surface area contributed by atoms with Crippen molar-refractivity contribution in [1.82, 2.24) is 9.80 Å². The van der Waals surface area contributed by atoms with E-state index < -0.39 is 0 Å². The van der Waals surface area contributed by atoms with Crippen LogP contribution in [0.1, 0.15) is 102 Å². The van der Waals surface area contributed by atoms with Gasteiger partial charge in [-0.3, -0.25) is 9.80 Å². The lowest BCUT2D eigenvalue weighted by Gasteiger charge is -2.42. The summed E-state index contributed by atoms with van der Waals surface area (Å²) in [5, 5.41) is 0. The molecule has 2 rings (SSSR count). The fraction of sp³-hybridized carbons (Fsp3) is 1.00. The zero-order valence-electron chi connectivity index (χ0n) is 17.6. The summed E-state index contributed by atoms with van der Waals surface area (Å²) in [7, 11) is 0. The van der Waals surface area contributed by atoms with E-state index in [1.54, 1.807) is 0 Å². The maximum atomic E-state index is 2.58. The zero-order valence-corrected chi connectivity index (χ0v) is 17.6. The Kier molecular flexibility index (Phi) is 17.2. The van der Waals surface area contributed by atoms with Crippen LogP contribution in [0, 0.1) is 0 Å². The largest absolute Gasteiger partial charge is 0.298 e. The molecule has 2 saturated heterocycles. The van der Waals surface area contributed by atoms with Crippen molar-refractivity contribution >= 4 is 0 Å². The van der Waals surface area contributed by atoms with Crippen molar-refractivity contribution in [2.75, 3.05) is 26.2 Å². The van der Waals surface area contributed by atoms with Gasteiger partial charge in [0.05, 0.1) is 0 Å². The maximum Gasteiger partial charge on any atom is 0.0125 e. The Morgan fingerprint density at radius 3 is 0.870 bits per heavy atom. The van der Waals surface area contributed by atoms with Crippen molar-refractivity contribution in [3.63, 3.8) is 0 Å². The summed E-state index contributed by atoms with van der Waals surface area (Å²) in [6.07, 6.45) is 5.64. The van der Waals surface area contributed by atoms with Crippen LogP contribution in [0.3, 0.4) is 0 Å². The number of piperidine rings is 1. The molecule has 0 aromatic rings. The molecule has 0 aromatic carbocycles. The van der Waals surface area contributed by atoms with Crippen LogP contribution < -0.4 is 0 Å². The summed E-state index contributed by atoms with van der Waals surface area (Å²) in [5.74, 6) is 0. The highest BCUT2D eigenvalue weighted by molar-refractivity contribution is 4.81. The molecule has 2 aliphatic rings. The number of nitrogens with zero attached hydrogens (tertiary/aromatic N) is 2. The molecule has 0 amide bonds. The smallest absolute Gasteiger partial charge is 0.0125 e. The first kappa shape index (κ1) is 27.8. The first-order valence-corrected chi connectivity index (χ1v) is 9.71. The van der Waals surface area contributed by atoms with E-state index in [4.69, 9.17) is 0 Å². The quantitative estimate of drug-likeness (QED) is 0.503. The summed E-state index contributed by atoms with van der Waals surface area (Å²) in [4.78, 5) is 5.07. The summed E-state index contributed by atoms with van der Waals surface area (Å²) in [6, 6.07) is 0. The van der Waals surface area contributed by atoms with E-state index in [1.807, 2.05) is 27.7 Å². The summed E-state index contributed by atoms with van der Waals surface area (Å²) in [6.45, 7) is 27.0. The van der Waals surface area contributed by atoms with Gasteiger partial charge in [-0.25, -0.2) is 0 Å². The van der Waals surface area contributed by atoms with E-state index in [2.05, 4.69) is 51.3 Å². The zero-order chi connectivity index (χ0) is 17.8. The number of hydrogen-bond donors (Lipinski definition) is 0. The van der Waals surface area contributed by atoms with Gasteiger partial charge in [0.25, 0.3) is 0 Å². The second-order valence-electron chi connectivity index (χ2n) is 7.73. The third-order valence-corrected chi connectivity index (χ3v) is 4.11. The van der Waals surface area contributed by atoms with Crippen molar-refractivity contribution in [3.05, 3.63) is 0 Å². The monoisotopic (exact) mass is 330 g/mol. The molecule has 0 radical (unpaired) electrons. The molecule has 0 bridgehead atoms. The molecule has 23 heavy (non-hydrogen) atoms. The van der Waals surface area contributed by atoms with Gasteiger partial charge in [0.1, 0.15) is 0 Å². The Morgan fingerprint density at radius 1 is 0.478 bits per heavy atom. The van der Waals surface area contributed by atoms with Gasteiger partial charge < -0.3 is 0 Å². The molecule has 2 heteroatoms. The predicted molar refractivity (Wildman–Crippen MR) is 111 cm³/mol. The van der Waals surface area contributed by atoms with Gasteiger partial charge in [-0.05, 0) is 87.0 Å². The minimum absolute atomic E-state index is 0. The summed E-state index contributed by atoms with van der Waals surface area (Å²) < 4.78 is 0. The average Bonchev–Trinajstić information content (AvgIpc) is 2.40. The molecule has 0 N–H and O–H groups in total. The predicted octanol–water partition coefficient (Wildman–Crippen LogP) is 6.45. The van der Waals surface area contributed by atoms with Crippen LogP contribution in [0.25, 0.3) is 0 Å². The molecule has 2 fully saturated rings. The van der Waals surface area contributed by atoms with E-state index in [0.717, 1.165) is 0 Å². The fourth-order valence-corrected chi connectivity index (χ4v) is 2.55. The van der Waals surface area contributed by atoms with Gasteiger partial charge >= 0.3 is 0 Å². The van der Waals surface area contributed by atoms with Crippen LogP contribution in [0.15, 0.2) is 0 Å². The third-order valence-electron chi connectivity index (χ3n) is 4.11. The van der Waals surface area contributed by atoms with Gasteiger partial charge in [0.15, 0.2) is 0 Å². The van der Waals surface area contributed by atoms with Crippen LogP contribution in [-0.2, 0) is 0 Å². The molecule has 0 saturated carbocycles. The molecule has 0 aliphatic carbocycles. The molecule has 2 heterocycles. The van der Waals surface area contributed by atoms with Crippen molar-refractivity contribution in [1.29, 1.82) is 0 Å². The number of likely N-dealkylation sites (tertiary alicyclic amines) is 2. The van der Waals surface area contributed by atoms with Crippen molar-refractivity contribution in [2.45, 2.75) is 113 Å². The fourth-order valence-electron chi connectivity index (χ4n) is 2.55. The van der Waals surface area contributed by atoms with Crippen molar-refractivity contribution in [2.24, 2.45) is 0 Å². The first-order chi connectivity index (χ1) is 10.2. The molecular weight excluding hydrogens is 280 g/mol. The van der Waals surface area contributed by atoms with Crippen molar-refractivity contribution < 1.29 is 0 Å². The molecule has 2 nitrogen and oxygen atoms in total. The standard InChI is InChI=1S/C9H19N.C7H15N.2C2H6.CH4/c1-9(2,3)10-7-5-4-6-8-10;1-7(2,3)8-5-4-6-8;2*1-2;/h4-8H2,1-3H3;4-6H2,1-3H3;2*1-2H3;1H4.